The van der Waals surface area contributed by atoms with E-state index in [4.69, 9.17) is 4.74 Å². The van der Waals surface area contributed by atoms with E-state index in [1.165, 1.54) is 13.8 Å². The summed E-state index contributed by atoms with van der Waals surface area (Å²) in [6.45, 7) is 2.99. The summed E-state index contributed by atoms with van der Waals surface area (Å²) < 4.78 is 57.5. The Labute approximate surface area is 115 Å². The maximum absolute atomic E-state index is 13.6. The molecule has 0 bridgehead atoms. The van der Waals surface area contributed by atoms with Crippen LogP contribution in [0.2, 0.25) is 0 Å². The number of sulfonamides is 1. The Balaban J connectivity index is 2.31. The van der Waals surface area contributed by atoms with Crippen molar-refractivity contribution in [1.29, 1.82) is 0 Å². The van der Waals surface area contributed by atoms with E-state index < -0.39 is 37.9 Å². The van der Waals surface area contributed by atoms with Crippen molar-refractivity contribution in [2.75, 3.05) is 13.2 Å². The summed E-state index contributed by atoms with van der Waals surface area (Å²) in [5.74, 6) is -2.78. The molecule has 0 saturated carbocycles. The molecule has 0 aromatic heterocycles. The number of amides is 1. The van der Waals surface area contributed by atoms with Gasteiger partial charge in [-0.25, -0.2) is 21.9 Å². The Hall–Kier alpha value is -1.54. The van der Waals surface area contributed by atoms with Gasteiger partial charge in [-0.3, -0.25) is 4.79 Å². The molecular weight excluding hydrogens is 292 g/mol. The van der Waals surface area contributed by atoms with E-state index >= 15 is 0 Å². The molecule has 1 saturated heterocycles. The SMILES string of the molecule is Cc1cc(F)c(S(=O)(=O)NC(=O)C2(C)COC2)cc1F. The predicted octanol–water partition coefficient (Wildman–Crippen LogP) is 1.11. The Morgan fingerprint density at radius 2 is 1.90 bits per heavy atom. The van der Waals surface area contributed by atoms with E-state index in [9.17, 15) is 22.0 Å². The smallest absolute Gasteiger partial charge is 0.267 e. The lowest BCUT2D eigenvalue weighted by Crippen LogP contribution is -2.53. The van der Waals surface area contributed by atoms with Crippen molar-refractivity contribution in [2.24, 2.45) is 5.41 Å². The number of halogens is 2. The van der Waals surface area contributed by atoms with Gasteiger partial charge in [-0.2, -0.15) is 0 Å². The largest absolute Gasteiger partial charge is 0.379 e. The fraction of sp³-hybridized carbons (Fsp3) is 0.417. The van der Waals surface area contributed by atoms with E-state index in [0.29, 0.717) is 6.07 Å². The normalized spacial score (nSPS) is 17.4. The Morgan fingerprint density at radius 1 is 1.30 bits per heavy atom. The summed E-state index contributed by atoms with van der Waals surface area (Å²) in [5, 5.41) is 0. The first-order valence-electron chi connectivity index (χ1n) is 5.76. The first-order chi connectivity index (χ1) is 9.16. The van der Waals surface area contributed by atoms with Gasteiger partial charge < -0.3 is 4.74 Å². The lowest BCUT2D eigenvalue weighted by atomic mass is 9.88. The summed E-state index contributed by atoms with van der Waals surface area (Å²) in [7, 11) is -4.46. The van der Waals surface area contributed by atoms with Crippen molar-refractivity contribution in [2.45, 2.75) is 18.7 Å². The average Bonchev–Trinajstić information content (AvgIpc) is 2.29. The van der Waals surface area contributed by atoms with Gasteiger partial charge in [0.1, 0.15) is 16.5 Å². The van der Waals surface area contributed by atoms with E-state index in [1.54, 1.807) is 4.72 Å². The molecule has 0 unspecified atom stereocenters. The second kappa shape index (κ2) is 4.78. The molecule has 1 amide bonds. The third-order valence-electron chi connectivity index (χ3n) is 3.12. The quantitative estimate of drug-likeness (QED) is 0.908. The number of benzene rings is 1. The van der Waals surface area contributed by atoms with Gasteiger partial charge in [0.05, 0.1) is 18.6 Å². The molecule has 1 aliphatic rings. The van der Waals surface area contributed by atoms with Crippen LogP contribution in [0, 0.1) is 24.0 Å². The number of rotatable bonds is 3. The lowest BCUT2D eigenvalue weighted by molar-refractivity contribution is -0.155. The Morgan fingerprint density at radius 3 is 2.40 bits per heavy atom. The minimum absolute atomic E-state index is 0.0212. The van der Waals surface area contributed by atoms with Gasteiger partial charge in [-0.15, -0.1) is 0 Å². The number of carbonyl (C=O) groups is 1. The van der Waals surface area contributed by atoms with Crippen molar-refractivity contribution in [3.63, 3.8) is 0 Å². The highest BCUT2D eigenvalue weighted by molar-refractivity contribution is 7.90. The van der Waals surface area contributed by atoms with Crippen LogP contribution in [0.3, 0.4) is 0 Å². The fourth-order valence-corrected chi connectivity index (χ4v) is 2.85. The number of carbonyl (C=O) groups excluding carboxylic acids is 1. The van der Waals surface area contributed by atoms with Gasteiger partial charge in [0, 0.05) is 0 Å². The Bertz CT molecular complexity index is 668. The number of nitrogens with one attached hydrogen (secondary N) is 1. The monoisotopic (exact) mass is 305 g/mol. The molecule has 110 valence electrons. The van der Waals surface area contributed by atoms with Crippen LogP contribution in [-0.2, 0) is 19.6 Å². The summed E-state index contributed by atoms with van der Waals surface area (Å²) >= 11 is 0. The van der Waals surface area contributed by atoms with E-state index in [1.807, 2.05) is 0 Å². The molecular formula is C12H13F2NO4S. The topological polar surface area (TPSA) is 72.5 Å². The molecule has 0 aliphatic carbocycles. The van der Waals surface area contributed by atoms with Crippen LogP contribution in [0.25, 0.3) is 0 Å². The first kappa shape index (κ1) is 14.9. The van der Waals surface area contributed by atoms with Crippen molar-refractivity contribution in [3.8, 4) is 0 Å². The second-order valence-electron chi connectivity index (χ2n) is 5.02. The standard InChI is InChI=1S/C12H13F2NO4S/c1-7-3-9(14)10(4-8(7)13)20(17,18)15-11(16)12(2)5-19-6-12/h3-4H,5-6H2,1-2H3,(H,15,16). The Kier molecular flexibility index (Phi) is 3.55. The van der Waals surface area contributed by atoms with E-state index in [2.05, 4.69) is 0 Å². The molecule has 20 heavy (non-hydrogen) atoms. The van der Waals surface area contributed by atoms with Gasteiger partial charge in [-0.05, 0) is 31.5 Å². The predicted molar refractivity (Wildman–Crippen MR) is 65.3 cm³/mol. The molecule has 1 aromatic carbocycles. The van der Waals surface area contributed by atoms with Crippen LogP contribution in [0.4, 0.5) is 8.78 Å². The van der Waals surface area contributed by atoms with Crippen LogP contribution in [-0.4, -0.2) is 27.5 Å². The van der Waals surface area contributed by atoms with Gasteiger partial charge in [0.2, 0.25) is 5.91 Å². The number of hydrogen-bond acceptors (Lipinski definition) is 4. The summed E-state index contributed by atoms with van der Waals surface area (Å²) in [5.41, 5.74) is -0.987. The average molecular weight is 305 g/mol. The van der Waals surface area contributed by atoms with Gasteiger partial charge >= 0.3 is 0 Å². The molecule has 0 radical (unpaired) electrons. The van der Waals surface area contributed by atoms with Crippen LogP contribution in [0.5, 0.6) is 0 Å². The maximum Gasteiger partial charge on any atom is 0.267 e. The molecule has 1 fully saturated rings. The van der Waals surface area contributed by atoms with Crippen LogP contribution in [0.1, 0.15) is 12.5 Å². The highest BCUT2D eigenvalue weighted by Gasteiger charge is 2.43. The molecule has 2 rings (SSSR count). The molecule has 5 nitrogen and oxygen atoms in total. The first-order valence-corrected chi connectivity index (χ1v) is 7.25. The van der Waals surface area contributed by atoms with E-state index in [-0.39, 0.29) is 18.8 Å². The highest BCUT2D eigenvalue weighted by atomic mass is 32.2. The number of hydrogen-bond donors (Lipinski definition) is 1. The molecule has 1 heterocycles. The zero-order chi connectivity index (χ0) is 15.1. The molecule has 0 spiro atoms. The molecule has 8 heteroatoms. The number of aryl methyl sites for hydroxylation is 1. The molecule has 0 atom stereocenters. The van der Waals surface area contributed by atoms with Crippen molar-refractivity contribution in [3.05, 3.63) is 29.3 Å². The van der Waals surface area contributed by atoms with E-state index in [0.717, 1.165) is 6.07 Å². The summed E-state index contributed by atoms with van der Waals surface area (Å²) in [4.78, 5) is 10.9. The zero-order valence-electron chi connectivity index (χ0n) is 10.9. The van der Waals surface area contributed by atoms with Crippen LogP contribution >= 0.6 is 0 Å². The van der Waals surface area contributed by atoms with Gasteiger partial charge in [-0.1, -0.05) is 0 Å². The highest BCUT2D eigenvalue weighted by Crippen LogP contribution is 2.27. The third-order valence-corrected chi connectivity index (χ3v) is 4.47. The van der Waals surface area contributed by atoms with Crippen LogP contribution in [0.15, 0.2) is 17.0 Å². The minimum atomic E-state index is -4.46. The molecule has 1 N–H and O–H groups in total. The lowest BCUT2D eigenvalue weighted by Gasteiger charge is -2.35. The third kappa shape index (κ3) is 2.53. The molecule has 1 aliphatic heterocycles. The van der Waals surface area contributed by atoms with Crippen LogP contribution < -0.4 is 4.72 Å². The van der Waals surface area contributed by atoms with Crippen molar-refractivity contribution in [1.82, 2.24) is 4.72 Å². The van der Waals surface area contributed by atoms with Crippen molar-refractivity contribution >= 4 is 15.9 Å². The summed E-state index contributed by atoms with van der Waals surface area (Å²) in [6, 6.07) is 1.32. The van der Waals surface area contributed by atoms with Gasteiger partial charge in [0.25, 0.3) is 10.0 Å². The summed E-state index contributed by atoms with van der Waals surface area (Å²) in [6.07, 6.45) is 0. The second-order valence-corrected chi connectivity index (χ2v) is 6.67. The minimum Gasteiger partial charge on any atom is -0.379 e. The fourth-order valence-electron chi connectivity index (χ4n) is 1.67. The maximum atomic E-state index is 13.6. The van der Waals surface area contributed by atoms with Gasteiger partial charge in [0.15, 0.2) is 0 Å². The van der Waals surface area contributed by atoms with Crippen molar-refractivity contribution < 1.29 is 26.7 Å². The molecule has 1 aromatic rings. The zero-order valence-corrected chi connectivity index (χ0v) is 11.7. The number of ether oxygens (including phenoxy) is 1.